The first-order valence-electron chi connectivity index (χ1n) is 37.8. The van der Waals surface area contributed by atoms with E-state index in [1.807, 2.05) is 0 Å². The van der Waals surface area contributed by atoms with E-state index in [9.17, 15) is 78.5 Å². The Morgan fingerprint density at radius 1 is 0.472 bits per heavy atom. The molecule has 0 amide bonds. The molecule has 40 nitrogen and oxygen atoms in total. The number of rotatable bonds is 30. The van der Waals surface area contributed by atoms with E-state index in [-0.39, 0.29) is 180 Å². The number of pyridine rings is 2. The summed E-state index contributed by atoms with van der Waals surface area (Å²) in [4.78, 5) is 97.9. The molecule has 4 aromatic heterocycles. The number of anilines is 12. The summed E-state index contributed by atoms with van der Waals surface area (Å²) >= 11 is 1.21. The molecule has 0 saturated heterocycles. The van der Waals surface area contributed by atoms with Gasteiger partial charge in [-0.3, -0.25) is 37.6 Å². The highest BCUT2D eigenvalue weighted by Crippen LogP contribution is 2.50. The number of carbonyl (C=O) groups excluding carboxylic acids is 3. The summed E-state index contributed by atoms with van der Waals surface area (Å²) in [7, 11) is -12.3. The van der Waals surface area contributed by atoms with Crippen LogP contribution in [-0.2, 0) is 72.6 Å². The first-order valence-corrected chi connectivity index (χ1v) is 44.4. The average Bonchev–Trinajstić information content (AvgIpc) is 0.709. The molecule has 125 heavy (non-hydrogen) atoms. The van der Waals surface area contributed by atoms with Gasteiger partial charge in [0.25, 0.3) is 41.5 Å². The Morgan fingerprint density at radius 3 is 1.43 bits per heavy atom. The Labute approximate surface area is 719 Å². The van der Waals surface area contributed by atoms with Crippen molar-refractivity contribution in [1.82, 2.24) is 39.0 Å². The lowest BCUT2D eigenvalue weighted by molar-refractivity contribution is -0.432. The van der Waals surface area contributed by atoms with Crippen LogP contribution < -0.4 is 54.5 Å². The summed E-state index contributed by atoms with van der Waals surface area (Å²) in [6.07, 6.45) is 5.28. The van der Waals surface area contributed by atoms with Crippen molar-refractivity contribution >= 4 is 175 Å². The van der Waals surface area contributed by atoms with Crippen LogP contribution in [0.25, 0.3) is 44.1 Å². The third kappa shape index (κ3) is 17.5. The number of nitrogens with two attached hydrogens (primary N) is 2. The van der Waals surface area contributed by atoms with E-state index in [0.717, 1.165) is 56.4 Å². The summed E-state index contributed by atoms with van der Waals surface area (Å²) in [5, 5.41) is 70.0. The Morgan fingerprint density at radius 2 is 0.920 bits per heavy atom. The van der Waals surface area contributed by atoms with Crippen molar-refractivity contribution in [3.05, 3.63) is 211 Å². The maximum atomic E-state index is 15.0. The normalized spacial score (nSPS) is 16.5. The smallest absolute Gasteiger partial charge is 0.296 e. The van der Waals surface area contributed by atoms with Crippen LogP contribution in [0.15, 0.2) is 185 Å². The van der Waals surface area contributed by atoms with Gasteiger partial charge in [-0.05, 0) is 159 Å². The maximum Gasteiger partial charge on any atom is 0.296 e. The SMILES string of the molecule is Cn1c(=O)c(C(=O)c2cccc(SOOO)c2)c2c3c(c(Nc4cc(Nc5nc(N)nc(NC6CCC(CC7CCC(Nc8nc(N)nc(Nc9cc(Nc%10ccc%11c%12c%10C(=O)c%10ccccc%10-c%12c(C(O)c%10cccc(S(=O)(=O)O)c%10)c(=O)n%11C)c(S(=O)(=O)O)cc9SOOO)n8)CC7)CC6)n5)c(S(=O)(=O)O)cc4SOOO)ccc31)C(=O)c1ccccc1-2. The molecule has 1 unspecified atom stereocenters. The summed E-state index contributed by atoms with van der Waals surface area (Å²) in [5.74, 6) is -1.98. The molecular weight excluding hydrogens is 1750 g/mol. The highest BCUT2D eigenvalue weighted by Gasteiger charge is 2.39. The van der Waals surface area contributed by atoms with Crippen LogP contribution in [0, 0.1) is 11.8 Å². The van der Waals surface area contributed by atoms with Gasteiger partial charge in [-0.25, -0.2) is 15.8 Å². The van der Waals surface area contributed by atoms with Crippen LogP contribution in [0.2, 0.25) is 0 Å². The molecule has 0 radical (unpaired) electrons. The predicted molar refractivity (Wildman–Crippen MR) is 456 cm³/mol. The number of aliphatic hydroxyl groups excluding tert-OH is 1. The van der Waals surface area contributed by atoms with Crippen molar-refractivity contribution in [3.8, 4) is 22.3 Å². The third-order valence-electron chi connectivity index (χ3n) is 22.1. The molecule has 4 heterocycles. The number of hydrogen-bond donors (Lipinski definition) is 15. The van der Waals surface area contributed by atoms with Gasteiger partial charge >= 0.3 is 0 Å². The van der Waals surface area contributed by atoms with Crippen molar-refractivity contribution in [2.24, 2.45) is 25.9 Å². The molecular formula is C79H70N16O24S6. The summed E-state index contributed by atoms with van der Waals surface area (Å²) in [6, 6.07) is 33.3. The fraction of sp³-hybridized carbons (Fsp3) is 0.203. The molecule has 2 saturated carbocycles. The van der Waals surface area contributed by atoms with Crippen LogP contribution in [0.5, 0.6) is 0 Å². The zero-order valence-electron chi connectivity index (χ0n) is 64.9. The van der Waals surface area contributed by atoms with Gasteiger partial charge in [0.15, 0.2) is 17.3 Å². The zero-order chi connectivity index (χ0) is 88.2. The molecule has 0 bridgehead atoms. The maximum absolute atomic E-state index is 15.0. The van der Waals surface area contributed by atoms with E-state index >= 15 is 0 Å². The van der Waals surface area contributed by atoms with Gasteiger partial charge in [0.05, 0.1) is 118 Å². The van der Waals surface area contributed by atoms with E-state index in [4.69, 9.17) is 25.4 Å². The van der Waals surface area contributed by atoms with Gasteiger partial charge in [-0.1, -0.05) is 87.9 Å². The number of carbonyl (C=O) groups is 3. The molecule has 12 aromatic rings. The van der Waals surface area contributed by atoms with Gasteiger partial charge in [0, 0.05) is 69.7 Å². The number of fused-ring (bicyclic) bond motifs is 4. The average molecular weight is 1820 g/mol. The number of nitrogens with one attached hydrogen (secondary N) is 6. The number of ketones is 3. The second kappa shape index (κ2) is 35.2. The van der Waals surface area contributed by atoms with Crippen LogP contribution in [0.4, 0.5) is 69.8 Å². The molecule has 46 heteroatoms. The Kier molecular flexibility index (Phi) is 24.4. The second-order valence-corrected chi connectivity index (χ2v) is 36.0. The van der Waals surface area contributed by atoms with Gasteiger partial charge in [0.2, 0.25) is 35.7 Å². The quantitative estimate of drug-likeness (QED) is 0.00653. The fourth-order valence-electron chi connectivity index (χ4n) is 16.6. The number of hydrogen-bond acceptors (Lipinski definition) is 38. The number of aliphatic hydroxyl groups is 1. The van der Waals surface area contributed by atoms with Crippen molar-refractivity contribution < 1.29 is 102 Å². The molecule has 4 aliphatic carbocycles. The topological polar surface area (TPSA) is 596 Å². The zero-order valence-corrected chi connectivity index (χ0v) is 69.8. The largest absolute Gasteiger partial charge is 0.383 e. The van der Waals surface area contributed by atoms with Crippen molar-refractivity contribution in [2.45, 2.75) is 105 Å². The van der Waals surface area contributed by atoms with Crippen molar-refractivity contribution in [3.63, 3.8) is 0 Å². The highest BCUT2D eigenvalue weighted by atomic mass is 32.2. The third-order valence-corrected chi connectivity index (χ3v) is 26.6. The Bertz CT molecular complexity index is 6940. The van der Waals surface area contributed by atoms with E-state index in [2.05, 4.69) is 81.3 Å². The van der Waals surface area contributed by atoms with Gasteiger partial charge in [-0.15, -0.1) is 13.0 Å². The minimum Gasteiger partial charge on any atom is -0.383 e. The van der Waals surface area contributed by atoms with Crippen molar-refractivity contribution in [2.75, 3.05) is 43.4 Å². The summed E-state index contributed by atoms with van der Waals surface area (Å²) in [5.41, 5.74) is 11.1. The molecule has 0 aliphatic heterocycles. The second-order valence-electron chi connectivity index (χ2n) is 29.5. The Hall–Kier alpha value is -12.0. The van der Waals surface area contributed by atoms with E-state index in [1.165, 1.54) is 96.0 Å². The number of benzene rings is 8. The number of aromatic nitrogens is 8. The van der Waals surface area contributed by atoms with Gasteiger partial charge in [0.1, 0.15) is 15.9 Å². The van der Waals surface area contributed by atoms with Crippen LogP contribution in [0.3, 0.4) is 0 Å². The molecule has 0 spiro atoms. The van der Waals surface area contributed by atoms with Crippen LogP contribution in [0.1, 0.15) is 123 Å². The highest BCUT2D eigenvalue weighted by molar-refractivity contribution is 7.95. The monoisotopic (exact) mass is 1820 g/mol. The van der Waals surface area contributed by atoms with Crippen LogP contribution >= 0.6 is 36.1 Å². The lowest BCUT2D eigenvalue weighted by atomic mass is 9.75. The first-order chi connectivity index (χ1) is 59.8. The molecule has 16 rings (SSSR count). The molecule has 4 aliphatic rings. The molecule has 17 N–H and O–H groups in total. The van der Waals surface area contributed by atoms with E-state index in [1.54, 1.807) is 48.5 Å². The minimum atomic E-state index is -5.20. The summed E-state index contributed by atoms with van der Waals surface area (Å²) < 4.78 is 126. The van der Waals surface area contributed by atoms with Crippen LogP contribution in [-0.4, -0.2) is 128 Å². The minimum absolute atomic E-state index is 0.0114. The number of nitrogen functional groups attached to an aromatic ring is 2. The van der Waals surface area contributed by atoms with Crippen molar-refractivity contribution in [1.29, 1.82) is 0 Å². The molecule has 8 aromatic carbocycles. The fourth-order valence-corrected chi connectivity index (χ4v) is 20.0. The summed E-state index contributed by atoms with van der Waals surface area (Å²) in [6.45, 7) is 0. The van der Waals surface area contributed by atoms with E-state index in [0.29, 0.717) is 78.5 Å². The first kappa shape index (κ1) is 86.5. The predicted octanol–water partition coefficient (Wildman–Crippen LogP) is 12.7. The molecule has 2 fully saturated rings. The van der Waals surface area contributed by atoms with E-state index < -0.39 is 79.6 Å². The lowest BCUT2D eigenvalue weighted by Crippen LogP contribution is -2.30. The lowest BCUT2D eigenvalue weighted by Gasteiger charge is -2.34. The van der Waals surface area contributed by atoms with Gasteiger partial charge < -0.3 is 57.6 Å². The Balaban J connectivity index is 0.593. The number of nitrogens with zero attached hydrogens (tertiary/aromatic N) is 8. The standard InChI is InChI=1S/C79H70N16O24S6/c1-94-54-27-25-48(62-64(54)60(44-13-3-5-15-46(44)70(62)98)66(72(94)100)68(96)38-9-7-11-42(30-38)120-117-114-102)84-50-32-53(59(125(111,112)113)34-56(50)121-118-115-103)87-79-91-75(81)89-77(93-79)83-41-23-19-37(20-24-41)29-36-17-21-40(22-18-36)82-76-88-74(80)90-78(92-76)86-51-33-52(58(124(108,109)110)35-57(51)122-119-116-104)85-49-26-28-55-65-61(45-14-4-6-16-47(45)71(99)63(49)65)67(73(101)95(55)2)69(97)39-10-8-12-43(31-39)123(105,106)107/h3-16,25-28,30-37,40-41,69,84-85,97,102-104H,17-24,29H2,1-2H3,(H,105,106,107)(H,108,109,110)(H,111,112,113)(H4,80,82,86,88,90,92)(H4,81,83,87,89,91,93). The molecule has 646 valence electrons. The van der Waals surface area contributed by atoms with Gasteiger partial charge in [-0.2, -0.15) is 55.2 Å². The molecule has 1 atom stereocenters. The number of aryl methyl sites for hydroxylation is 2.